The molecule has 0 spiro atoms. The van der Waals surface area contributed by atoms with E-state index < -0.39 is 10.2 Å². The Morgan fingerprint density at radius 1 is 0.920 bits per heavy atom. The average Bonchev–Trinajstić information content (AvgIpc) is 2.55. The van der Waals surface area contributed by atoms with Crippen LogP contribution < -0.4 is 15.4 Å². The first-order valence-corrected chi connectivity index (χ1v) is 6.21. The molecule has 0 aliphatic carbocycles. The summed E-state index contributed by atoms with van der Waals surface area (Å²) < 4.78 is 0. The maximum Gasteiger partial charge on any atom is 0.271 e. The van der Waals surface area contributed by atoms with E-state index in [0.717, 1.165) is 5.56 Å². The first kappa shape index (κ1) is 20.8. The standard InChI is InChI=1S/C12H10N4O.2NO3/c17-12(11-3-7-14-8-4-11)16-15-9-10-1-5-13-6-2-10;2*2-1(3)4/h1-9H,(H,16,17);;/q;2*-1/p+2/b15-9+;;. The minimum Gasteiger partial charge on any atom is -0.356 e. The van der Waals surface area contributed by atoms with Crippen LogP contribution in [0.15, 0.2) is 54.2 Å². The second-order valence-corrected chi connectivity index (χ2v) is 3.77. The average molecular weight is 352 g/mol. The zero-order chi connectivity index (χ0) is 19.1. The second-order valence-electron chi connectivity index (χ2n) is 3.77. The van der Waals surface area contributed by atoms with E-state index in [1.165, 1.54) is 0 Å². The number of amides is 1. The number of hydrogen-bond acceptors (Lipinski definition) is 8. The monoisotopic (exact) mass is 352 g/mol. The Bertz CT molecular complexity index is 676. The van der Waals surface area contributed by atoms with E-state index in [1.54, 1.807) is 43.1 Å². The highest BCUT2D eigenvalue weighted by Gasteiger charge is 2.03. The molecular weight excluding hydrogens is 340 g/mol. The van der Waals surface area contributed by atoms with Crippen molar-refractivity contribution in [3.63, 3.8) is 0 Å². The van der Waals surface area contributed by atoms with Gasteiger partial charge in [0.25, 0.3) is 5.91 Å². The fraction of sp³-hybridized carbons (Fsp3) is 0. The third kappa shape index (κ3) is 13.2. The molecule has 13 heteroatoms. The zero-order valence-electron chi connectivity index (χ0n) is 12.4. The van der Waals surface area contributed by atoms with Crippen molar-refractivity contribution in [1.29, 1.82) is 0 Å². The number of rotatable bonds is 3. The van der Waals surface area contributed by atoms with Crippen LogP contribution in [0, 0.1) is 30.6 Å². The summed E-state index contributed by atoms with van der Waals surface area (Å²) in [7, 11) is 0. The molecular formula is C12H12N6O7. The second kappa shape index (κ2) is 12.4. The third-order valence-corrected chi connectivity index (χ3v) is 2.10. The zero-order valence-corrected chi connectivity index (χ0v) is 12.4. The lowest BCUT2D eigenvalue weighted by Gasteiger charge is -1.96. The molecule has 0 aromatic carbocycles. The Balaban J connectivity index is 0.000000609. The predicted molar refractivity (Wildman–Crippen MR) is 81.8 cm³/mol. The summed E-state index contributed by atoms with van der Waals surface area (Å²) >= 11 is 0. The summed E-state index contributed by atoms with van der Waals surface area (Å²) in [5, 5.41) is 33.4. The van der Waals surface area contributed by atoms with Crippen LogP contribution in [0.2, 0.25) is 0 Å². The van der Waals surface area contributed by atoms with Crippen LogP contribution in [0.4, 0.5) is 0 Å². The highest BCUT2D eigenvalue weighted by Crippen LogP contribution is 1.94. The molecule has 2 aromatic rings. The first-order chi connectivity index (χ1) is 11.8. The summed E-state index contributed by atoms with van der Waals surface area (Å²) in [5.41, 5.74) is 3.92. The van der Waals surface area contributed by atoms with Gasteiger partial charge in [-0.15, -0.1) is 0 Å². The molecule has 0 saturated carbocycles. The van der Waals surface area contributed by atoms with Crippen LogP contribution in [0.3, 0.4) is 0 Å². The van der Waals surface area contributed by atoms with Gasteiger partial charge >= 0.3 is 0 Å². The van der Waals surface area contributed by atoms with Gasteiger partial charge in [-0.05, 0) is 0 Å². The number of carbonyl (C=O) groups is 1. The Kier molecular flexibility index (Phi) is 10.3. The molecule has 2 rings (SSSR count). The SMILES string of the molecule is O=C(N/N=C/c1cc[nH+]cc1)c1cc[nH+]cc1.O=[N+]([O-])[O-].O=[N+]([O-])[O-]. The Morgan fingerprint density at radius 2 is 1.32 bits per heavy atom. The number of hydrogen-bond donors (Lipinski definition) is 1. The van der Waals surface area contributed by atoms with E-state index in [9.17, 15) is 4.79 Å². The van der Waals surface area contributed by atoms with Crippen molar-refractivity contribution in [2.75, 3.05) is 0 Å². The molecule has 2 aromatic heterocycles. The lowest BCUT2D eigenvalue weighted by atomic mass is 10.3. The van der Waals surface area contributed by atoms with Crippen LogP contribution in [0.25, 0.3) is 0 Å². The molecule has 1 amide bonds. The van der Waals surface area contributed by atoms with Crippen LogP contribution >= 0.6 is 0 Å². The molecule has 0 aliphatic rings. The van der Waals surface area contributed by atoms with Crippen molar-refractivity contribution < 1.29 is 24.9 Å². The van der Waals surface area contributed by atoms with Crippen molar-refractivity contribution in [3.8, 4) is 0 Å². The van der Waals surface area contributed by atoms with Gasteiger partial charge in [0.1, 0.15) is 0 Å². The van der Waals surface area contributed by atoms with Crippen molar-refractivity contribution >= 4 is 12.1 Å². The Hall–Kier alpha value is -4.16. The Morgan fingerprint density at radius 3 is 1.76 bits per heavy atom. The molecule has 0 unspecified atom stereocenters. The molecule has 0 saturated heterocycles. The number of nitrogens with one attached hydrogen (secondary N) is 3. The highest BCUT2D eigenvalue weighted by atomic mass is 16.9. The fourth-order valence-electron chi connectivity index (χ4n) is 1.25. The third-order valence-electron chi connectivity index (χ3n) is 2.10. The number of aromatic nitrogens is 2. The van der Waals surface area contributed by atoms with Gasteiger partial charge in [0, 0.05) is 29.8 Å². The molecule has 0 atom stereocenters. The number of pyridine rings is 2. The van der Waals surface area contributed by atoms with Crippen molar-refractivity contribution in [1.82, 2.24) is 5.43 Å². The lowest BCUT2D eigenvalue weighted by molar-refractivity contribution is -0.403. The van der Waals surface area contributed by atoms with E-state index in [0.29, 0.717) is 5.56 Å². The van der Waals surface area contributed by atoms with Gasteiger partial charge in [0.15, 0.2) is 24.8 Å². The number of hydrazone groups is 1. The van der Waals surface area contributed by atoms with Gasteiger partial charge in [-0.25, -0.2) is 15.4 Å². The summed E-state index contributed by atoms with van der Waals surface area (Å²) in [4.78, 5) is 33.8. The summed E-state index contributed by atoms with van der Waals surface area (Å²) in [6.07, 6.45) is 8.53. The van der Waals surface area contributed by atoms with E-state index in [2.05, 4.69) is 20.5 Å². The van der Waals surface area contributed by atoms with Crippen molar-refractivity contribution in [2.45, 2.75) is 0 Å². The normalized spacial score (nSPS) is 8.96. The maximum atomic E-state index is 11.6. The van der Waals surface area contributed by atoms with Crippen LogP contribution in [0.1, 0.15) is 15.9 Å². The predicted octanol–water partition coefficient (Wildman–Crippen LogP) is -0.399. The molecule has 13 nitrogen and oxygen atoms in total. The van der Waals surface area contributed by atoms with E-state index in [4.69, 9.17) is 30.6 Å². The number of nitrogens with zero attached hydrogens (tertiary/aromatic N) is 3. The minimum absolute atomic E-state index is 0.238. The molecule has 0 radical (unpaired) electrons. The number of carbonyl (C=O) groups excluding carboxylic acids is 1. The minimum atomic E-state index is -1.75. The molecule has 2 heterocycles. The number of H-pyrrole nitrogens is 2. The van der Waals surface area contributed by atoms with Gasteiger partial charge in [-0.2, -0.15) is 5.10 Å². The molecule has 132 valence electrons. The summed E-state index contributed by atoms with van der Waals surface area (Å²) in [6.45, 7) is 0. The van der Waals surface area contributed by atoms with Gasteiger partial charge in [-0.3, -0.25) is 4.79 Å². The summed E-state index contributed by atoms with van der Waals surface area (Å²) in [5.74, 6) is -0.238. The molecule has 0 fully saturated rings. The largest absolute Gasteiger partial charge is 0.356 e. The molecule has 0 bridgehead atoms. The van der Waals surface area contributed by atoms with E-state index in [-0.39, 0.29) is 5.91 Å². The Labute approximate surface area is 139 Å². The molecule has 3 N–H and O–H groups in total. The molecule has 0 aliphatic heterocycles. The van der Waals surface area contributed by atoms with Gasteiger partial charge in [0.2, 0.25) is 0 Å². The maximum absolute atomic E-state index is 11.6. The van der Waals surface area contributed by atoms with Gasteiger partial charge in [0.05, 0.1) is 22.0 Å². The van der Waals surface area contributed by atoms with Crippen LogP contribution in [-0.4, -0.2) is 22.3 Å². The van der Waals surface area contributed by atoms with Gasteiger partial charge in [-0.1, -0.05) is 0 Å². The smallest absolute Gasteiger partial charge is 0.271 e. The molecule has 25 heavy (non-hydrogen) atoms. The number of aromatic amines is 2. The van der Waals surface area contributed by atoms with Gasteiger partial charge < -0.3 is 30.6 Å². The highest BCUT2D eigenvalue weighted by molar-refractivity contribution is 5.94. The van der Waals surface area contributed by atoms with Crippen molar-refractivity contribution in [3.05, 3.63) is 90.8 Å². The van der Waals surface area contributed by atoms with Crippen LogP contribution in [0.5, 0.6) is 0 Å². The van der Waals surface area contributed by atoms with Crippen LogP contribution in [-0.2, 0) is 0 Å². The first-order valence-electron chi connectivity index (χ1n) is 6.21. The topological polar surface area (TPSA) is 202 Å². The fourth-order valence-corrected chi connectivity index (χ4v) is 1.25. The summed E-state index contributed by atoms with van der Waals surface area (Å²) in [6, 6.07) is 7.07. The van der Waals surface area contributed by atoms with Crippen molar-refractivity contribution in [2.24, 2.45) is 5.10 Å². The van der Waals surface area contributed by atoms with E-state index >= 15 is 0 Å². The lowest BCUT2D eigenvalue weighted by Crippen LogP contribution is -2.18. The quantitative estimate of drug-likeness (QED) is 0.439. The van der Waals surface area contributed by atoms with E-state index in [1.807, 2.05) is 12.1 Å².